The minimum atomic E-state index is -3.10. The lowest BCUT2D eigenvalue weighted by molar-refractivity contribution is 0.399. The Bertz CT molecular complexity index is 322. The molecule has 2 aliphatic carbocycles. The summed E-state index contributed by atoms with van der Waals surface area (Å²) in [7, 11) is -3.10. The third-order valence-corrected chi connectivity index (χ3v) is 5.13. The van der Waals surface area contributed by atoms with Crippen LogP contribution >= 0.6 is 12.4 Å². The van der Waals surface area contributed by atoms with Gasteiger partial charge in [-0.3, -0.25) is 0 Å². The topological polar surface area (TPSA) is 72.2 Å². The van der Waals surface area contributed by atoms with Crippen molar-refractivity contribution >= 4 is 22.4 Å². The summed E-state index contributed by atoms with van der Waals surface area (Å²) in [6.07, 6.45) is 6.10. The molecule has 2 rings (SSSR count). The number of hydrogen-bond acceptors (Lipinski definition) is 3. The second-order valence-electron chi connectivity index (χ2n) is 5.02. The minimum absolute atomic E-state index is 0. The predicted octanol–water partition coefficient (Wildman–Crippen LogP) is 1.01. The predicted molar refractivity (Wildman–Crippen MR) is 67.1 cm³/mol. The van der Waals surface area contributed by atoms with Gasteiger partial charge in [0.1, 0.15) is 0 Å². The van der Waals surface area contributed by atoms with Crippen LogP contribution in [0.2, 0.25) is 0 Å². The zero-order valence-corrected chi connectivity index (χ0v) is 11.1. The molecule has 0 bridgehead atoms. The molecule has 0 atom stereocenters. The fourth-order valence-electron chi connectivity index (χ4n) is 2.37. The highest BCUT2D eigenvalue weighted by Gasteiger charge is 2.38. The van der Waals surface area contributed by atoms with Gasteiger partial charge in [0.25, 0.3) is 0 Å². The van der Waals surface area contributed by atoms with Crippen LogP contribution in [0.3, 0.4) is 0 Å². The van der Waals surface area contributed by atoms with E-state index in [1.807, 2.05) is 0 Å². The van der Waals surface area contributed by atoms with Gasteiger partial charge >= 0.3 is 0 Å². The maximum Gasteiger partial charge on any atom is 0.212 e. The molecule has 0 heterocycles. The summed E-state index contributed by atoms with van der Waals surface area (Å²) in [5.74, 6) is 0.702. The summed E-state index contributed by atoms with van der Waals surface area (Å²) in [6, 6.07) is 0. The lowest BCUT2D eigenvalue weighted by Crippen LogP contribution is -2.52. The van der Waals surface area contributed by atoms with Crippen molar-refractivity contribution in [1.29, 1.82) is 0 Å². The van der Waals surface area contributed by atoms with Crippen LogP contribution in [0.25, 0.3) is 0 Å². The van der Waals surface area contributed by atoms with E-state index in [1.165, 1.54) is 0 Å². The molecule has 0 aromatic heterocycles. The molecule has 96 valence electrons. The molecule has 0 radical (unpaired) electrons. The maximum atomic E-state index is 11.8. The molecule has 2 fully saturated rings. The average molecular weight is 269 g/mol. The highest BCUT2D eigenvalue weighted by Crippen LogP contribution is 2.33. The van der Waals surface area contributed by atoms with Crippen LogP contribution in [0.15, 0.2) is 0 Å². The van der Waals surface area contributed by atoms with Crippen molar-refractivity contribution < 1.29 is 8.42 Å². The van der Waals surface area contributed by atoms with Crippen LogP contribution in [-0.2, 0) is 10.0 Å². The summed E-state index contributed by atoms with van der Waals surface area (Å²) >= 11 is 0. The van der Waals surface area contributed by atoms with Gasteiger partial charge in [0, 0.05) is 12.1 Å². The van der Waals surface area contributed by atoms with E-state index in [0.29, 0.717) is 18.2 Å². The first-order chi connectivity index (χ1) is 7.05. The van der Waals surface area contributed by atoms with Crippen LogP contribution in [-0.4, -0.2) is 26.3 Å². The van der Waals surface area contributed by atoms with Crippen LogP contribution in [0.1, 0.15) is 38.5 Å². The molecule has 4 nitrogen and oxygen atoms in total. The number of halogens is 1. The highest BCUT2D eigenvalue weighted by molar-refractivity contribution is 7.89. The van der Waals surface area contributed by atoms with E-state index in [1.54, 1.807) is 0 Å². The molecule has 6 heteroatoms. The maximum absolute atomic E-state index is 11.8. The number of sulfonamides is 1. The summed E-state index contributed by atoms with van der Waals surface area (Å²) in [5, 5.41) is 0. The van der Waals surface area contributed by atoms with Crippen molar-refractivity contribution in [2.24, 2.45) is 11.7 Å². The largest absolute Gasteiger partial charge is 0.329 e. The molecule has 3 N–H and O–H groups in total. The Hall–Kier alpha value is 0.160. The van der Waals surface area contributed by atoms with Crippen LogP contribution < -0.4 is 10.5 Å². The molecule has 0 unspecified atom stereocenters. The standard InChI is InChI=1S/C10H20N2O2S.ClH/c11-8-10(5-1-2-6-10)12-15(13,14)7-9-3-4-9;/h9,12H,1-8,11H2;1H. The van der Waals surface area contributed by atoms with E-state index >= 15 is 0 Å². The second kappa shape index (κ2) is 5.21. The van der Waals surface area contributed by atoms with Crippen molar-refractivity contribution in [1.82, 2.24) is 4.72 Å². The normalized spacial score (nSPS) is 24.1. The molecule has 2 saturated carbocycles. The van der Waals surface area contributed by atoms with Gasteiger partial charge in [0.2, 0.25) is 10.0 Å². The molecule has 0 amide bonds. The number of nitrogens with two attached hydrogens (primary N) is 1. The van der Waals surface area contributed by atoms with Gasteiger partial charge < -0.3 is 5.73 Å². The molecule has 16 heavy (non-hydrogen) atoms. The monoisotopic (exact) mass is 268 g/mol. The Labute approximate surface area is 104 Å². The van der Waals surface area contributed by atoms with Gasteiger partial charge in [-0.2, -0.15) is 0 Å². The smallest absolute Gasteiger partial charge is 0.212 e. The minimum Gasteiger partial charge on any atom is -0.329 e. The molecular weight excluding hydrogens is 248 g/mol. The Morgan fingerprint density at radius 1 is 1.25 bits per heavy atom. The third kappa shape index (κ3) is 3.58. The van der Waals surface area contributed by atoms with E-state index in [-0.39, 0.29) is 17.9 Å². The van der Waals surface area contributed by atoms with Crippen molar-refractivity contribution in [3.63, 3.8) is 0 Å². The molecule has 2 aliphatic rings. The van der Waals surface area contributed by atoms with E-state index in [2.05, 4.69) is 4.72 Å². The molecule has 0 spiro atoms. The quantitative estimate of drug-likeness (QED) is 0.782. The summed E-state index contributed by atoms with van der Waals surface area (Å²) in [6.45, 7) is 0.427. The average Bonchev–Trinajstić information content (AvgIpc) is 2.82. The van der Waals surface area contributed by atoms with Crippen molar-refractivity contribution in [3.8, 4) is 0 Å². The van der Waals surface area contributed by atoms with Crippen LogP contribution in [0.4, 0.5) is 0 Å². The second-order valence-corrected chi connectivity index (χ2v) is 6.79. The molecular formula is C10H21ClN2O2S. The first-order valence-electron chi connectivity index (χ1n) is 5.77. The van der Waals surface area contributed by atoms with Gasteiger partial charge in [0.15, 0.2) is 0 Å². The van der Waals surface area contributed by atoms with E-state index in [4.69, 9.17) is 5.73 Å². The molecule has 0 aromatic rings. The fraction of sp³-hybridized carbons (Fsp3) is 1.00. The highest BCUT2D eigenvalue weighted by atomic mass is 35.5. The zero-order valence-electron chi connectivity index (χ0n) is 9.44. The lowest BCUT2D eigenvalue weighted by atomic mass is 10.0. The summed E-state index contributed by atoms with van der Waals surface area (Å²) < 4.78 is 26.5. The summed E-state index contributed by atoms with van der Waals surface area (Å²) in [5.41, 5.74) is 5.37. The summed E-state index contributed by atoms with van der Waals surface area (Å²) in [4.78, 5) is 0. The Morgan fingerprint density at radius 2 is 1.81 bits per heavy atom. The van der Waals surface area contributed by atoms with Gasteiger partial charge in [-0.25, -0.2) is 13.1 Å². The van der Waals surface area contributed by atoms with E-state index in [0.717, 1.165) is 38.5 Å². The van der Waals surface area contributed by atoms with Gasteiger partial charge in [-0.1, -0.05) is 12.8 Å². The number of hydrogen-bond donors (Lipinski definition) is 2. The van der Waals surface area contributed by atoms with Gasteiger partial charge in [-0.05, 0) is 31.6 Å². The first kappa shape index (κ1) is 14.2. The van der Waals surface area contributed by atoms with Crippen LogP contribution in [0, 0.1) is 5.92 Å². The van der Waals surface area contributed by atoms with E-state index < -0.39 is 10.0 Å². The Balaban J connectivity index is 0.00000128. The van der Waals surface area contributed by atoms with Crippen molar-refractivity contribution in [2.45, 2.75) is 44.1 Å². The molecule has 0 saturated heterocycles. The first-order valence-corrected chi connectivity index (χ1v) is 7.42. The van der Waals surface area contributed by atoms with Gasteiger partial charge in [0.05, 0.1) is 5.75 Å². The SMILES string of the molecule is Cl.NCC1(NS(=O)(=O)CC2CC2)CCCC1. The Morgan fingerprint density at radius 3 is 2.25 bits per heavy atom. The molecule has 0 aromatic carbocycles. The molecule has 0 aliphatic heterocycles. The van der Waals surface area contributed by atoms with Crippen molar-refractivity contribution in [3.05, 3.63) is 0 Å². The number of nitrogens with one attached hydrogen (secondary N) is 1. The van der Waals surface area contributed by atoms with E-state index in [9.17, 15) is 8.42 Å². The van der Waals surface area contributed by atoms with Gasteiger partial charge in [-0.15, -0.1) is 12.4 Å². The lowest BCUT2D eigenvalue weighted by Gasteiger charge is -2.28. The van der Waals surface area contributed by atoms with Crippen molar-refractivity contribution in [2.75, 3.05) is 12.3 Å². The number of rotatable bonds is 5. The Kier molecular flexibility index (Phi) is 4.63. The van der Waals surface area contributed by atoms with Crippen LogP contribution in [0.5, 0.6) is 0 Å². The zero-order chi connectivity index (χ0) is 10.9. The third-order valence-electron chi connectivity index (χ3n) is 3.48. The fourth-order valence-corrected chi connectivity index (χ4v) is 4.35.